The quantitative estimate of drug-likeness (QED) is 0.835. The van der Waals surface area contributed by atoms with Gasteiger partial charge in [0.15, 0.2) is 0 Å². The van der Waals surface area contributed by atoms with E-state index < -0.39 is 0 Å². The van der Waals surface area contributed by atoms with Crippen LogP contribution < -0.4 is 10.6 Å². The van der Waals surface area contributed by atoms with E-state index >= 15 is 0 Å². The van der Waals surface area contributed by atoms with Crippen molar-refractivity contribution in [2.75, 3.05) is 13.1 Å². The second-order valence-corrected chi connectivity index (χ2v) is 7.66. The first-order chi connectivity index (χ1) is 10.7. The van der Waals surface area contributed by atoms with Crippen LogP contribution >= 0.6 is 15.9 Å². The average Bonchev–Trinajstić information content (AvgIpc) is 3.18. The molecule has 1 saturated carbocycles. The topological polar surface area (TPSA) is 41.1 Å². The van der Waals surface area contributed by atoms with Crippen LogP contribution in [0.15, 0.2) is 28.7 Å². The summed E-state index contributed by atoms with van der Waals surface area (Å²) in [4.78, 5) is 12.5. The summed E-state index contributed by atoms with van der Waals surface area (Å²) >= 11 is 3.49. The van der Waals surface area contributed by atoms with Crippen molar-refractivity contribution in [2.24, 2.45) is 5.92 Å². The standard InChI is InChI=1S/C18H25BrN2O/c19-16-6-4-15(5-7-16)18(10-1-2-11-18)21-17(22)8-3-14-9-12-20-13-14/h4-7,14,20H,1-3,8-13H2,(H,21,22). The summed E-state index contributed by atoms with van der Waals surface area (Å²) in [5.74, 6) is 0.898. The van der Waals surface area contributed by atoms with Gasteiger partial charge in [-0.05, 0) is 62.4 Å². The normalized spacial score (nSPS) is 23.6. The number of hydrogen-bond acceptors (Lipinski definition) is 2. The molecule has 1 amide bonds. The molecule has 1 aromatic rings. The number of carbonyl (C=O) groups is 1. The van der Waals surface area contributed by atoms with Gasteiger partial charge in [-0.3, -0.25) is 4.79 Å². The van der Waals surface area contributed by atoms with E-state index in [1.54, 1.807) is 0 Å². The van der Waals surface area contributed by atoms with Gasteiger partial charge in [-0.25, -0.2) is 0 Å². The largest absolute Gasteiger partial charge is 0.347 e. The van der Waals surface area contributed by atoms with E-state index in [9.17, 15) is 4.79 Å². The zero-order chi connectivity index (χ0) is 15.4. The molecule has 22 heavy (non-hydrogen) atoms. The lowest BCUT2D eigenvalue weighted by molar-refractivity contribution is -0.123. The van der Waals surface area contributed by atoms with Crippen LogP contribution in [0.1, 0.15) is 50.5 Å². The van der Waals surface area contributed by atoms with Gasteiger partial charge in [0.2, 0.25) is 5.91 Å². The molecule has 1 unspecified atom stereocenters. The summed E-state index contributed by atoms with van der Waals surface area (Å²) in [5, 5.41) is 6.75. The number of rotatable bonds is 5. The van der Waals surface area contributed by atoms with Gasteiger partial charge >= 0.3 is 0 Å². The van der Waals surface area contributed by atoms with Crippen LogP contribution in [0.2, 0.25) is 0 Å². The summed E-state index contributed by atoms with van der Waals surface area (Å²) in [6.07, 6.45) is 7.40. The molecule has 2 N–H and O–H groups in total. The molecule has 1 heterocycles. The maximum Gasteiger partial charge on any atom is 0.220 e. The number of carbonyl (C=O) groups excluding carboxylic acids is 1. The Morgan fingerprint density at radius 1 is 1.27 bits per heavy atom. The molecule has 3 rings (SSSR count). The fourth-order valence-electron chi connectivity index (χ4n) is 3.86. The van der Waals surface area contributed by atoms with Crippen molar-refractivity contribution in [3.8, 4) is 0 Å². The van der Waals surface area contributed by atoms with Crippen molar-refractivity contribution in [3.63, 3.8) is 0 Å². The lowest BCUT2D eigenvalue weighted by atomic mass is 9.87. The molecule has 3 nitrogen and oxygen atoms in total. The zero-order valence-electron chi connectivity index (χ0n) is 13.0. The molecule has 1 atom stereocenters. The van der Waals surface area contributed by atoms with Gasteiger partial charge in [-0.1, -0.05) is 40.9 Å². The average molecular weight is 365 g/mol. The molecule has 2 aliphatic rings. The Kier molecular flexibility index (Phi) is 5.19. The zero-order valence-corrected chi connectivity index (χ0v) is 14.6. The minimum atomic E-state index is -0.133. The highest BCUT2D eigenvalue weighted by Gasteiger charge is 2.36. The summed E-state index contributed by atoms with van der Waals surface area (Å²) < 4.78 is 1.09. The van der Waals surface area contributed by atoms with Crippen LogP contribution in [0.3, 0.4) is 0 Å². The van der Waals surface area contributed by atoms with E-state index in [1.165, 1.54) is 24.8 Å². The maximum atomic E-state index is 12.5. The Hall–Kier alpha value is -0.870. The van der Waals surface area contributed by atoms with E-state index in [2.05, 4.69) is 50.8 Å². The highest BCUT2D eigenvalue weighted by Crippen LogP contribution is 2.39. The summed E-state index contributed by atoms with van der Waals surface area (Å²) in [6, 6.07) is 8.45. The molecule has 120 valence electrons. The molecule has 1 aliphatic heterocycles. The van der Waals surface area contributed by atoms with Crippen molar-refractivity contribution in [2.45, 2.75) is 50.5 Å². The van der Waals surface area contributed by atoms with Crippen LogP contribution in [-0.4, -0.2) is 19.0 Å². The molecule has 1 saturated heterocycles. The lowest BCUT2D eigenvalue weighted by Gasteiger charge is -2.31. The van der Waals surface area contributed by atoms with E-state index in [4.69, 9.17) is 0 Å². The molecule has 1 aromatic carbocycles. The van der Waals surface area contributed by atoms with E-state index in [1.807, 2.05) is 0 Å². The van der Waals surface area contributed by atoms with Gasteiger partial charge in [-0.15, -0.1) is 0 Å². The molecule has 0 bridgehead atoms. The van der Waals surface area contributed by atoms with E-state index in [-0.39, 0.29) is 11.4 Å². The molecule has 2 fully saturated rings. The molecular weight excluding hydrogens is 340 g/mol. The second-order valence-electron chi connectivity index (χ2n) is 6.74. The molecule has 0 spiro atoms. The van der Waals surface area contributed by atoms with Gasteiger partial charge in [0.25, 0.3) is 0 Å². The van der Waals surface area contributed by atoms with E-state index in [0.29, 0.717) is 12.3 Å². The number of hydrogen-bond donors (Lipinski definition) is 2. The third-order valence-corrected chi connectivity index (χ3v) is 5.70. The maximum absolute atomic E-state index is 12.5. The first-order valence-corrected chi connectivity index (χ1v) is 9.25. The predicted octanol–water partition coefficient (Wildman–Crippen LogP) is 3.72. The van der Waals surface area contributed by atoms with Crippen LogP contribution in [0.4, 0.5) is 0 Å². The SMILES string of the molecule is O=C(CCC1CCNC1)NC1(c2ccc(Br)cc2)CCCC1. The number of nitrogens with one attached hydrogen (secondary N) is 2. The van der Waals surface area contributed by atoms with Crippen molar-refractivity contribution in [3.05, 3.63) is 34.3 Å². The predicted molar refractivity (Wildman–Crippen MR) is 92.6 cm³/mol. The van der Waals surface area contributed by atoms with Crippen LogP contribution in [0.5, 0.6) is 0 Å². The molecule has 0 aromatic heterocycles. The number of amides is 1. The van der Waals surface area contributed by atoms with Gasteiger partial charge in [0.1, 0.15) is 0 Å². The van der Waals surface area contributed by atoms with Crippen LogP contribution in [0, 0.1) is 5.92 Å². The smallest absolute Gasteiger partial charge is 0.220 e. The molecule has 4 heteroatoms. The first kappa shape index (κ1) is 16.0. The first-order valence-electron chi connectivity index (χ1n) is 8.46. The molecule has 1 aliphatic carbocycles. The fourth-order valence-corrected chi connectivity index (χ4v) is 4.12. The van der Waals surface area contributed by atoms with E-state index in [0.717, 1.165) is 36.8 Å². The van der Waals surface area contributed by atoms with Gasteiger partial charge in [-0.2, -0.15) is 0 Å². The Morgan fingerprint density at radius 3 is 2.64 bits per heavy atom. The van der Waals surface area contributed by atoms with Crippen LogP contribution in [-0.2, 0) is 10.3 Å². The third-order valence-electron chi connectivity index (χ3n) is 5.17. The highest BCUT2D eigenvalue weighted by molar-refractivity contribution is 9.10. The van der Waals surface area contributed by atoms with Crippen LogP contribution in [0.25, 0.3) is 0 Å². The number of halogens is 1. The Labute approximate surface area is 141 Å². The second kappa shape index (κ2) is 7.14. The lowest BCUT2D eigenvalue weighted by Crippen LogP contribution is -2.43. The fraction of sp³-hybridized carbons (Fsp3) is 0.611. The highest BCUT2D eigenvalue weighted by atomic mass is 79.9. The molecular formula is C18H25BrN2O. The van der Waals surface area contributed by atoms with Crippen molar-refractivity contribution < 1.29 is 4.79 Å². The Bertz CT molecular complexity index is 502. The summed E-state index contributed by atoms with van der Waals surface area (Å²) in [5.41, 5.74) is 1.12. The number of benzene rings is 1. The van der Waals surface area contributed by atoms with Gasteiger partial charge in [0.05, 0.1) is 5.54 Å². The van der Waals surface area contributed by atoms with Gasteiger partial charge < -0.3 is 10.6 Å². The molecule has 0 radical (unpaired) electrons. The Morgan fingerprint density at radius 2 is 2.00 bits per heavy atom. The summed E-state index contributed by atoms with van der Waals surface area (Å²) in [6.45, 7) is 2.18. The minimum Gasteiger partial charge on any atom is -0.347 e. The van der Waals surface area contributed by atoms with Crippen molar-refractivity contribution >= 4 is 21.8 Å². The van der Waals surface area contributed by atoms with Crippen molar-refractivity contribution in [1.29, 1.82) is 0 Å². The van der Waals surface area contributed by atoms with Crippen molar-refractivity contribution in [1.82, 2.24) is 10.6 Å². The minimum absolute atomic E-state index is 0.133. The third kappa shape index (κ3) is 3.72. The summed E-state index contributed by atoms with van der Waals surface area (Å²) in [7, 11) is 0. The monoisotopic (exact) mass is 364 g/mol. The Balaban J connectivity index is 1.63. The van der Waals surface area contributed by atoms with Gasteiger partial charge in [0, 0.05) is 10.9 Å².